The van der Waals surface area contributed by atoms with Gasteiger partial charge in [-0.15, -0.1) is 0 Å². The lowest BCUT2D eigenvalue weighted by Crippen LogP contribution is -2.39. The van der Waals surface area contributed by atoms with Gasteiger partial charge in [0.1, 0.15) is 0 Å². The Balaban J connectivity index is 2.17. The maximum Gasteiger partial charge on any atom is 0.434 e. The van der Waals surface area contributed by atoms with E-state index in [0.29, 0.717) is 18.2 Å². The first-order chi connectivity index (χ1) is 7.59. The quantitative estimate of drug-likeness (QED) is 0.590. The Morgan fingerprint density at radius 2 is 2.00 bits per heavy atom. The Kier molecular flexibility index (Phi) is 5.55. The molecule has 16 heavy (non-hydrogen) atoms. The van der Waals surface area contributed by atoms with E-state index in [9.17, 15) is 10.0 Å². The summed E-state index contributed by atoms with van der Waals surface area (Å²) in [5, 5.41) is 10.1. The molecule has 1 rings (SSSR count). The van der Waals surface area contributed by atoms with E-state index in [1.807, 2.05) is 0 Å². The van der Waals surface area contributed by atoms with Crippen molar-refractivity contribution in [2.45, 2.75) is 39.2 Å². The van der Waals surface area contributed by atoms with Crippen LogP contribution in [-0.2, 0) is 4.74 Å². The molecule has 1 aliphatic heterocycles. The van der Waals surface area contributed by atoms with E-state index in [1.54, 1.807) is 13.8 Å². The molecule has 5 nitrogen and oxygen atoms in total. The SMILES string of the molecule is CC(C)OC(=O)N(O)CCN1CCCCC1. The van der Waals surface area contributed by atoms with E-state index in [1.165, 1.54) is 19.3 Å². The summed E-state index contributed by atoms with van der Waals surface area (Å²) in [6, 6.07) is 0. The van der Waals surface area contributed by atoms with Crippen molar-refractivity contribution in [2.24, 2.45) is 0 Å². The highest BCUT2D eigenvalue weighted by Gasteiger charge is 2.16. The minimum Gasteiger partial charge on any atom is -0.445 e. The van der Waals surface area contributed by atoms with Crippen molar-refractivity contribution in [2.75, 3.05) is 26.2 Å². The number of rotatable bonds is 4. The number of likely N-dealkylation sites (tertiary alicyclic amines) is 1. The Morgan fingerprint density at radius 1 is 1.38 bits per heavy atom. The molecule has 0 aliphatic carbocycles. The maximum absolute atomic E-state index is 11.3. The molecule has 0 atom stereocenters. The van der Waals surface area contributed by atoms with Crippen LogP contribution in [0, 0.1) is 0 Å². The van der Waals surface area contributed by atoms with Crippen molar-refractivity contribution >= 4 is 6.09 Å². The topological polar surface area (TPSA) is 53.0 Å². The zero-order valence-corrected chi connectivity index (χ0v) is 10.2. The molecule has 0 saturated carbocycles. The van der Waals surface area contributed by atoms with Crippen LogP contribution in [0.5, 0.6) is 0 Å². The van der Waals surface area contributed by atoms with Crippen molar-refractivity contribution in [1.82, 2.24) is 9.96 Å². The third-order valence-corrected chi connectivity index (χ3v) is 2.62. The fourth-order valence-corrected chi connectivity index (χ4v) is 1.77. The molecule has 0 radical (unpaired) electrons. The van der Waals surface area contributed by atoms with Crippen LogP contribution in [0.3, 0.4) is 0 Å². The molecule has 5 heteroatoms. The summed E-state index contributed by atoms with van der Waals surface area (Å²) in [4.78, 5) is 13.5. The van der Waals surface area contributed by atoms with Crippen LogP contribution < -0.4 is 0 Å². The van der Waals surface area contributed by atoms with Gasteiger partial charge in [0, 0.05) is 6.54 Å². The number of hydrogen-bond donors (Lipinski definition) is 1. The first-order valence-electron chi connectivity index (χ1n) is 5.99. The van der Waals surface area contributed by atoms with E-state index in [0.717, 1.165) is 13.1 Å². The van der Waals surface area contributed by atoms with Gasteiger partial charge in [0.25, 0.3) is 0 Å². The molecule has 1 N–H and O–H groups in total. The monoisotopic (exact) mass is 230 g/mol. The van der Waals surface area contributed by atoms with E-state index in [4.69, 9.17) is 4.74 Å². The number of carbonyl (C=O) groups is 1. The Bertz CT molecular complexity index is 215. The van der Waals surface area contributed by atoms with Gasteiger partial charge in [-0.2, -0.15) is 5.06 Å². The van der Waals surface area contributed by atoms with Crippen LogP contribution in [0.1, 0.15) is 33.1 Å². The number of piperidine rings is 1. The fourth-order valence-electron chi connectivity index (χ4n) is 1.77. The second-order valence-corrected chi connectivity index (χ2v) is 4.46. The Morgan fingerprint density at radius 3 is 2.56 bits per heavy atom. The van der Waals surface area contributed by atoms with Crippen LogP contribution >= 0.6 is 0 Å². The number of hydroxylamine groups is 2. The van der Waals surface area contributed by atoms with Crippen LogP contribution in [-0.4, -0.2) is 53.5 Å². The highest BCUT2D eigenvalue weighted by atomic mass is 16.6. The van der Waals surface area contributed by atoms with Gasteiger partial charge < -0.3 is 9.64 Å². The van der Waals surface area contributed by atoms with Gasteiger partial charge in [-0.1, -0.05) is 6.42 Å². The second-order valence-electron chi connectivity index (χ2n) is 4.46. The lowest BCUT2D eigenvalue weighted by Gasteiger charge is -2.27. The van der Waals surface area contributed by atoms with Crippen LogP contribution in [0.2, 0.25) is 0 Å². The van der Waals surface area contributed by atoms with E-state index in [-0.39, 0.29) is 6.10 Å². The molecule has 0 spiro atoms. The summed E-state index contributed by atoms with van der Waals surface area (Å²) >= 11 is 0. The molecule has 1 saturated heterocycles. The van der Waals surface area contributed by atoms with Gasteiger partial charge in [0.15, 0.2) is 0 Å². The minimum atomic E-state index is -0.660. The molecule has 0 aromatic rings. The van der Waals surface area contributed by atoms with Crippen molar-refractivity contribution in [3.63, 3.8) is 0 Å². The normalized spacial score (nSPS) is 17.5. The summed E-state index contributed by atoms with van der Waals surface area (Å²) in [5.41, 5.74) is 0. The van der Waals surface area contributed by atoms with Gasteiger partial charge in [-0.05, 0) is 39.8 Å². The lowest BCUT2D eigenvalue weighted by atomic mass is 10.1. The minimum absolute atomic E-state index is 0.197. The van der Waals surface area contributed by atoms with Gasteiger partial charge in [-0.3, -0.25) is 5.21 Å². The van der Waals surface area contributed by atoms with E-state index in [2.05, 4.69) is 4.90 Å². The standard InChI is InChI=1S/C11H22N2O3/c1-10(2)16-11(14)13(15)9-8-12-6-4-3-5-7-12/h10,15H,3-9H2,1-2H3. The molecular formula is C11H22N2O3. The van der Waals surface area contributed by atoms with Gasteiger partial charge >= 0.3 is 6.09 Å². The third kappa shape index (κ3) is 4.81. The molecule has 0 aromatic carbocycles. The molecule has 1 aliphatic rings. The smallest absolute Gasteiger partial charge is 0.434 e. The summed E-state index contributed by atoms with van der Waals surface area (Å²) in [6.07, 6.45) is 2.85. The lowest BCUT2D eigenvalue weighted by molar-refractivity contribution is -0.0841. The molecule has 0 bridgehead atoms. The summed E-state index contributed by atoms with van der Waals surface area (Å²) in [5.74, 6) is 0. The number of amides is 1. The largest absolute Gasteiger partial charge is 0.445 e. The molecule has 1 amide bonds. The highest BCUT2D eigenvalue weighted by molar-refractivity contribution is 5.66. The maximum atomic E-state index is 11.3. The summed E-state index contributed by atoms with van der Waals surface area (Å²) in [6.45, 7) is 6.67. The van der Waals surface area contributed by atoms with Crippen LogP contribution in [0.25, 0.3) is 0 Å². The van der Waals surface area contributed by atoms with Crippen molar-refractivity contribution in [3.05, 3.63) is 0 Å². The third-order valence-electron chi connectivity index (χ3n) is 2.62. The predicted molar refractivity (Wildman–Crippen MR) is 60.4 cm³/mol. The van der Waals surface area contributed by atoms with E-state index >= 15 is 0 Å². The second kappa shape index (κ2) is 6.70. The van der Waals surface area contributed by atoms with Crippen molar-refractivity contribution < 1.29 is 14.7 Å². The first kappa shape index (κ1) is 13.3. The average molecular weight is 230 g/mol. The van der Waals surface area contributed by atoms with Crippen molar-refractivity contribution in [1.29, 1.82) is 0 Å². The number of ether oxygens (including phenoxy) is 1. The Hall–Kier alpha value is -0.810. The zero-order chi connectivity index (χ0) is 12.0. The number of hydrogen-bond acceptors (Lipinski definition) is 4. The highest BCUT2D eigenvalue weighted by Crippen LogP contribution is 2.08. The van der Waals surface area contributed by atoms with Crippen molar-refractivity contribution in [3.8, 4) is 0 Å². The zero-order valence-electron chi connectivity index (χ0n) is 10.2. The van der Waals surface area contributed by atoms with Crippen LogP contribution in [0.15, 0.2) is 0 Å². The summed E-state index contributed by atoms with van der Waals surface area (Å²) < 4.78 is 4.87. The van der Waals surface area contributed by atoms with Gasteiger partial charge in [0.2, 0.25) is 0 Å². The molecule has 94 valence electrons. The number of carbonyl (C=O) groups excluding carboxylic acids is 1. The van der Waals surface area contributed by atoms with E-state index < -0.39 is 6.09 Å². The number of nitrogens with zero attached hydrogens (tertiary/aromatic N) is 2. The Labute approximate surface area is 96.9 Å². The predicted octanol–water partition coefficient (Wildman–Crippen LogP) is 1.71. The first-order valence-corrected chi connectivity index (χ1v) is 5.99. The molecule has 1 heterocycles. The summed E-state index contributed by atoms with van der Waals surface area (Å²) in [7, 11) is 0. The molecule has 0 aromatic heterocycles. The van der Waals surface area contributed by atoms with Crippen LogP contribution in [0.4, 0.5) is 4.79 Å². The molecule has 0 unspecified atom stereocenters. The molecule has 1 fully saturated rings. The van der Waals surface area contributed by atoms with Gasteiger partial charge in [0.05, 0.1) is 12.6 Å². The van der Waals surface area contributed by atoms with Gasteiger partial charge in [-0.25, -0.2) is 4.79 Å². The fraction of sp³-hybridized carbons (Fsp3) is 0.909. The molecular weight excluding hydrogens is 208 g/mol. The average Bonchev–Trinajstić information content (AvgIpc) is 2.26.